The molecule has 1 aliphatic rings. The van der Waals surface area contributed by atoms with Crippen LogP contribution in [0.2, 0.25) is 0 Å². The van der Waals surface area contributed by atoms with E-state index in [2.05, 4.69) is 12.1 Å². The van der Waals surface area contributed by atoms with E-state index in [1.54, 1.807) is 21.3 Å². The minimum absolute atomic E-state index is 0.198. The van der Waals surface area contributed by atoms with Crippen molar-refractivity contribution in [3.8, 4) is 11.5 Å². The van der Waals surface area contributed by atoms with Gasteiger partial charge in [-0.15, -0.1) is 0 Å². The lowest BCUT2D eigenvalue weighted by Crippen LogP contribution is -2.40. The minimum atomic E-state index is -1.00. The molecule has 220 valence electrons. The molecule has 1 N–H and O–H groups in total. The summed E-state index contributed by atoms with van der Waals surface area (Å²) >= 11 is 0. The van der Waals surface area contributed by atoms with E-state index in [0.29, 0.717) is 6.61 Å². The maximum absolute atomic E-state index is 10.2. The van der Waals surface area contributed by atoms with Crippen molar-refractivity contribution in [3.63, 3.8) is 0 Å². The topological polar surface area (TPSA) is 75.6 Å². The first-order valence-corrected chi connectivity index (χ1v) is 14.1. The monoisotopic (exact) mass is 570 g/mol. The maximum atomic E-state index is 10.2. The molecule has 0 bridgehead atoms. The van der Waals surface area contributed by atoms with Crippen LogP contribution in [-0.2, 0) is 31.2 Å². The van der Waals surface area contributed by atoms with E-state index < -0.39 is 24.1 Å². The Morgan fingerprint density at radius 1 is 0.690 bits per heavy atom. The molecule has 0 spiro atoms. The third kappa shape index (κ3) is 6.21. The highest BCUT2D eigenvalue weighted by atomic mass is 16.7. The van der Waals surface area contributed by atoms with Crippen molar-refractivity contribution in [1.82, 2.24) is 0 Å². The Morgan fingerprint density at radius 2 is 1.21 bits per heavy atom. The molecule has 0 unspecified atom stereocenters. The molecule has 1 aliphatic heterocycles. The van der Waals surface area contributed by atoms with Crippen LogP contribution < -0.4 is 9.47 Å². The van der Waals surface area contributed by atoms with Gasteiger partial charge in [0.05, 0.1) is 46.1 Å². The van der Waals surface area contributed by atoms with Crippen LogP contribution in [0.25, 0.3) is 0 Å². The number of hydrogen-bond acceptors (Lipinski definition) is 7. The normalized spacial score (nSPS) is 20.4. The van der Waals surface area contributed by atoms with E-state index >= 15 is 0 Å². The van der Waals surface area contributed by atoms with Crippen molar-refractivity contribution < 1.29 is 33.5 Å². The molecule has 4 aromatic rings. The van der Waals surface area contributed by atoms with Crippen LogP contribution in [0.5, 0.6) is 11.5 Å². The van der Waals surface area contributed by atoms with Gasteiger partial charge in [0.15, 0.2) is 6.29 Å². The number of aliphatic hydroxyl groups is 1. The van der Waals surface area contributed by atoms with Gasteiger partial charge >= 0.3 is 0 Å². The van der Waals surface area contributed by atoms with E-state index in [1.807, 2.05) is 97.1 Å². The van der Waals surface area contributed by atoms with Gasteiger partial charge in [0, 0.05) is 7.11 Å². The van der Waals surface area contributed by atoms with Crippen LogP contribution in [0.15, 0.2) is 109 Å². The molecule has 0 aromatic heterocycles. The summed E-state index contributed by atoms with van der Waals surface area (Å²) in [5, 5.41) is 10.2. The Kier molecular flexibility index (Phi) is 9.89. The summed E-state index contributed by atoms with van der Waals surface area (Å²) in [4.78, 5) is 0. The van der Waals surface area contributed by atoms with Crippen molar-refractivity contribution in [2.24, 2.45) is 5.92 Å². The molecule has 0 aliphatic carbocycles. The molecule has 7 nitrogen and oxygen atoms in total. The molecule has 0 radical (unpaired) electrons. The van der Waals surface area contributed by atoms with E-state index in [1.165, 1.54) is 0 Å². The van der Waals surface area contributed by atoms with Crippen molar-refractivity contribution in [2.45, 2.75) is 30.7 Å². The third-order valence-corrected chi connectivity index (χ3v) is 7.81. The number of hydrogen-bond donors (Lipinski definition) is 1. The van der Waals surface area contributed by atoms with Crippen LogP contribution in [0.3, 0.4) is 0 Å². The number of rotatable bonds is 13. The fraction of sp³-hybridized carbons (Fsp3) is 0.314. The van der Waals surface area contributed by atoms with Gasteiger partial charge in [-0.1, -0.05) is 84.9 Å². The number of ether oxygens (including phenoxy) is 6. The Bertz CT molecular complexity index is 1310. The summed E-state index contributed by atoms with van der Waals surface area (Å²) in [5.41, 5.74) is 2.83. The molecule has 4 atom stereocenters. The summed E-state index contributed by atoms with van der Waals surface area (Å²) in [5.74, 6) is 1.17. The standard InChI is InChI=1S/C35H38O7/c1-37-29-18-14-27(15-19-29)35(26-12-8-5-9-13-26,28-16-20-30(38-2)21-17-28)41-24-31-33(32(22-36)42-34(31)39-3)40-23-25-10-6-4-7-11-25/h4-21,31-34,36H,22-24H2,1-3H3/t31-,32+,33-,34-/m0/s1. The molecule has 4 aromatic carbocycles. The zero-order valence-electron chi connectivity index (χ0n) is 24.2. The first-order chi connectivity index (χ1) is 20.6. The maximum Gasteiger partial charge on any atom is 0.165 e. The lowest BCUT2D eigenvalue weighted by molar-refractivity contribution is -0.151. The van der Waals surface area contributed by atoms with Crippen molar-refractivity contribution in [2.75, 3.05) is 34.5 Å². The van der Waals surface area contributed by atoms with Gasteiger partial charge in [-0.25, -0.2) is 0 Å². The second-order valence-electron chi connectivity index (χ2n) is 10.2. The predicted octanol–water partition coefficient (Wildman–Crippen LogP) is 5.58. The van der Waals surface area contributed by atoms with Gasteiger partial charge in [-0.2, -0.15) is 0 Å². The first kappa shape index (κ1) is 29.8. The highest BCUT2D eigenvalue weighted by Gasteiger charge is 2.48. The molecular weight excluding hydrogens is 532 g/mol. The van der Waals surface area contributed by atoms with Gasteiger partial charge < -0.3 is 33.5 Å². The van der Waals surface area contributed by atoms with Crippen LogP contribution in [0, 0.1) is 5.92 Å². The number of aliphatic hydroxyl groups excluding tert-OH is 1. The zero-order valence-corrected chi connectivity index (χ0v) is 24.2. The number of benzene rings is 4. The smallest absolute Gasteiger partial charge is 0.165 e. The molecule has 5 rings (SSSR count). The highest BCUT2D eigenvalue weighted by Crippen LogP contribution is 2.43. The van der Waals surface area contributed by atoms with Gasteiger partial charge in [0.1, 0.15) is 23.2 Å². The fourth-order valence-electron chi connectivity index (χ4n) is 5.63. The van der Waals surface area contributed by atoms with E-state index in [0.717, 1.165) is 33.8 Å². The predicted molar refractivity (Wildman–Crippen MR) is 160 cm³/mol. The summed E-state index contributed by atoms with van der Waals surface area (Å²) in [6, 6.07) is 35.9. The van der Waals surface area contributed by atoms with Gasteiger partial charge in [-0.05, 0) is 46.5 Å². The van der Waals surface area contributed by atoms with Gasteiger partial charge in [0.25, 0.3) is 0 Å². The Balaban J connectivity index is 1.55. The lowest BCUT2D eigenvalue weighted by Gasteiger charge is -2.38. The largest absolute Gasteiger partial charge is 0.497 e. The van der Waals surface area contributed by atoms with Crippen LogP contribution in [0.4, 0.5) is 0 Å². The number of methoxy groups -OCH3 is 3. The first-order valence-electron chi connectivity index (χ1n) is 14.1. The summed E-state index contributed by atoms with van der Waals surface area (Å²) in [6.07, 6.45) is -1.64. The van der Waals surface area contributed by atoms with Gasteiger partial charge in [0.2, 0.25) is 0 Å². The molecule has 42 heavy (non-hydrogen) atoms. The average molecular weight is 571 g/mol. The van der Waals surface area contributed by atoms with Gasteiger partial charge in [-0.3, -0.25) is 0 Å². The fourth-order valence-corrected chi connectivity index (χ4v) is 5.63. The van der Waals surface area contributed by atoms with Crippen LogP contribution in [-0.4, -0.2) is 58.1 Å². The molecule has 1 saturated heterocycles. The molecule has 1 heterocycles. The SMILES string of the molecule is COc1ccc(C(OC[C@@H]2[C@@H](OC)O[C@H](CO)[C@H]2OCc2ccccc2)(c2ccccc2)c2ccc(OC)cc2)cc1. The molecule has 0 saturated carbocycles. The second kappa shape index (κ2) is 14.0. The third-order valence-electron chi connectivity index (χ3n) is 7.81. The average Bonchev–Trinajstić information content (AvgIpc) is 3.42. The molecule has 7 heteroatoms. The molecule has 1 fully saturated rings. The highest BCUT2D eigenvalue weighted by molar-refractivity contribution is 5.49. The summed E-state index contributed by atoms with van der Waals surface area (Å²) in [7, 11) is 4.90. The van der Waals surface area contributed by atoms with Crippen molar-refractivity contribution in [1.29, 1.82) is 0 Å². The molecule has 0 amide bonds. The summed E-state index contributed by atoms with van der Waals surface area (Å²) in [6.45, 7) is 0.400. The minimum Gasteiger partial charge on any atom is -0.497 e. The van der Waals surface area contributed by atoms with Crippen LogP contribution in [0.1, 0.15) is 22.3 Å². The second-order valence-corrected chi connectivity index (χ2v) is 10.2. The van der Waals surface area contributed by atoms with Crippen molar-refractivity contribution in [3.05, 3.63) is 131 Å². The Labute approximate surface area is 247 Å². The lowest BCUT2D eigenvalue weighted by atomic mass is 9.79. The van der Waals surface area contributed by atoms with Crippen molar-refractivity contribution >= 4 is 0 Å². The quantitative estimate of drug-likeness (QED) is 0.211. The van der Waals surface area contributed by atoms with E-state index in [-0.39, 0.29) is 19.1 Å². The van der Waals surface area contributed by atoms with Crippen LogP contribution >= 0.6 is 0 Å². The Morgan fingerprint density at radius 3 is 1.71 bits per heavy atom. The van der Waals surface area contributed by atoms with E-state index in [9.17, 15) is 5.11 Å². The van der Waals surface area contributed by atoms with E-state index in [4.69, 9.17) is 28.4 Å². The Hall–Kier alpha value is -3.72. The summed E-state index contributed by atoms with van der Waals surface area (Å²) < 4.78 is 36.3. The zero-order chi connectivity index (χ0) is 29.4. The molecular formula is C35H38O7.